The summed E-state index contributed by atoms with van der Waals surface area (Å²) in [6.07, 6.45) is 11.2. The molecule has 27 heavy (non-hydrogen) atoms. The van der Waals surface area contributed by atoms with E-state index in [1.807, 2.05) is 0 Å². The number of piperidine rings is 1. The molecule has 0 aromatic carbocycles. The number of fused-ring (bicyclic) bond motifs is 1. The van der Waals surface area contributed by atoms with Gasteiger partial charge in [0.15, 0.2) is 5.82 Å². The molecule has 6 rings (SSSR count). The van der Waals surface area contributed by atoms with Gasteiger partial charge in [0, 0.05) is 24.8 Å². The number of hydrogen-bond acceptors (Lipinski definition) is 6. The van der Waals surface area contributed by atoms with Crippen molar-refractivity contribution >= 4 is 0 Å². The molecule has 2 aromatic rings. The lowest BCUT2D eigenvalue weighted by Crippen LogP contribution is -2.34. The average Bonchev–Trinajstić information content (AvgIpc) is 3.59. The molecule has 1 saturated heterocycles. The van der Waals surface area contributed by atoms with Gasteiger partial charge in [-0.15, -0.1) is 10.2 Å². The van der Waals surface area contributed by atoms with E-state index in [1.54, 1.807) is 0 Å². The van der Waals surface area contributed by atoms with Gasteiger partial charge >= 0.3 is 0 Å². The summed E-state index contributed by atoms with van der Waals surface area (Å²) in [7, 11) is 0. The highest BCUT2D eigenvalue weighted by atomic mass is 16.5. The maximum atomic E-state index is 5.47. The highest BCUT2D eigenvalue weighted by Crippen LogP contribution is 2.64. The third-order valence-corrected chi connectivity index (χ3v) is 7.28. The normalized spacial score (nSPS) is 27.5. The molecule has 0 unspecified atom stereocenters. The summed E-state index contributed by atoms with van der Waals surface area (Å²) in [5.41, 5.74) is 0.473. The van der Waals surface area contributed by atoms with Gasteiger partial charge < -0.3 is 9.09 Å². The smallest absolute Gasteiger partial charge is 0.240 e. The van der Waals surface area contributed by atoms with Crippen molar-refractivity contribution in [3.63, 3.8) is 0 Å². The predicted molar refractivity (Wildman–Crippen MR) is 98.2 cm³/mol. The Balaban J connectivity index is 1.09. The van der Waals surface area contributed by atoms with Crippen molar-refractivity contribution in [2.24, 2.45) is 5.41 Å². The second-order valence-electron chi connectivity index (χ2n) is 9.15. The summed E-state index contributed by atoms with van der Waals surface area (Å²) in [6, 6.07) is 0. The van der Waals surface area contributed by atoms with Gasteiger partial charge in [-0.25, -0.2) is 0 Å². The first-order valence-electron chi connectivity index (χ1n) is 10.8. The van der Waals surface area contributed by atoms with E-state index < -0.39 is 0 Å². The predicted octanol–water partition coefficient (Wildman–Crippen LogP) is 3.03. The number of hydrogen-bond donors (Lipinski definition) is 0. The fourth-order valence-corrected chi connectivity index (χ4v) is 5.22. The zero-order valence-electron chi connectivity index (χ0n) is 15.9. The summed E-state index contributed by atoms with van der Waals surface area (Å²) < 4.78 is 7.92. The second kappa shape index (κ2) is 6.12. The summed E-state index contributed by atoms with van der Waals surface area (Å²) in [5.74, 6) is 5.42. The minimum atomic E-state index is 0.473. The zero-order chi connectivity index (χ0) is 17.8. The van der Waals surface area contributed by atoms with E-state index in [0.717, 1.165) is 44.3 Å². The molecule has 2 aliphatic carbocycles. The standard InChI is InChI=1S/C20H28N6O/c1-2-4-16-22-23-19(26(16)9-3-1)15-12-20(15)7-10-25(11-8-20)13-17-21-18(24-27-17)14-5-6-14/h14-15H,1-13H2/t15-/m1/s1. The number of likely N-dealkylation sites (tertiary alicyclic amines) is 1. The third-order valence-electron chi connectivity index (χ3n) is 7.28. The van der Waals surface area contributed by atoms with Crippen LogP contribution >= 0.6 is 0 Å². The molecule has 4 heterocycles. The molecule has 0 radical (unpaired) electrons. The SMILES string of the molecule is C1CCc2nnc([C@H]3CC34CCN(Cc3nc(C5CC5)no3)CC4)n2CC1. The Hall–Kier alpha value is -1.76. The molecule has 0 bridgehead atoms. The van der Waals surface area contributed by atoms with Crippen LogP contribution in [0.4, 0.5) is 0 Å². The van der Waals surface area contributed by atoms with Crippen LogP contribution in [0.3, 0.4) is 0 Å². The largest absolute Gasteiger partial charge is 0.338 e. The minimum Gasteiger partial charge on any atom is -0.338 e. The summed E-state index contributed by atoms with van der Waals surface area (Å²) in [5, 5.41) is 13.3. The van der Waals surface area contributed by atoms with Gasteiger partial charge in [-0.05, 0) is 63.5 Å². The lowest BCUT2D eigenvalue weighted by Gasteiger charge is -2.31. The first kappa shape index (κ1) is 16.2. The molecule has 4 aliphatic rings. The van der Waals surface area contributed by atoms with Gasteiger partial charge in [0.05, 0.1) is 6.54 Å². The molecule has 1 spiro atoms. The second-order valence-corrected chi connectivity index (χ2v) is 9.15. The van der Waals surface area contributed by atoms with Gasteiger partial charge in [-0.3, -0.25) is 4.90 Å². The van der Waals surface area contributed by atoms with Crippen LogP contribution in [0.2, 0.25) is 0 Å². The summed E-state index contributed by atoms with van der Waals surface area (Å²) in [4.78, 5) is 7.07. The van der Waals surface area contributed by atoms with Crippen LogP contribution in [-0.2, 0) is 19.5 Å². The molecule has 7 nitrogen and oxygen atoms in total. The molecule has 144 valence electrons. The molecule has 0 amide bonds. The molecule has 3 fully saturated rings. The topological polar surface area (TPSA) is 72.9 Å². The van der Waals surface area contributed by atoms with E-state index in [0.29, 0.717) is 17.3 Å². The Bertz CT molecular complexity index is 829. The van der Waals surface area contributed by atoms with Crippen molar-refractivity contribution < 1.29 is 4.52 Å². The van der Waals surface area contributed by atoms with Crippen molar-refractivity contribution in [2.45, 2.75) is 82.7 Å². The van der Waals surface area contributed by atoms with Crippen LogP contribution in [-0.4, -0.2) is 42.9 Å². The lowest BCUT2D eigenvalue weighted by atomic mass is 9.90. The van der Waals surface area contributed by atoms with E-state index in [2.05, 4.69) is 29.8 Å². The van der Waals surface area contributed by atoms with E-state index in [-0.39, 0.29) is 0 Å². The fraction of sp³-hybridized carbons (Fsp3) is 0.800. The first-order valence-corrected chi connectivity index (χ1v) is 10.8. The van der Waals surface area contributed by atoms with Crippen LogP contribution in [0.5, 0.6) is 0 Å². The average molecular weight is 368 g/mol. The number of rotatable bonds is 4. The van der Waals surface area contributed by atoms with Crippen molar-refractivity contribution in [3.05, 3.63) is 23.4 Å². The Morgan fingerprint density at radius 2 is 1.93 bits per heavy atom. The summed E-state index contributed by atoms with van der Waals surface area (Å²) in [6.45, 7) is 4.18. The van der Waals surface area contributed by atoms with Crippen LogP contribution < -0.4 is 0 Å². The Labute approximate surface area is 159 Å². The monoisotopic (exact) mass is 368 g/mol. The Morgan fingerprint density at radius 3 is 2.78 bits per heavy atom. The minimum absolute atomic E-state index is 0.473. The van der Waals surface area contributed by atoms with E-state index in [9.17, 15) is 0 Å². The maximum Gasteiger partial charge on any atom is 0.240 e. The molecule has 2 aliphatic heterocycles. The number of nitrogens with zero attached hydrogens (tertiary/aromatic N) is 6. The van der Waals surface area contributed by atoms with Gasteiger partial charge in [0.1, 0.15) is 11.6 Å². The third kappa shape index (κ3) is 2.91. The van der Waals surface area contributed by atoms with Gasteiger partial charge in [0.25, 0.3) is 0 Å². The molecular weight excluding hydrogens is 340 g/mol. The molecular formula is C20H28N6O. The van der Waals surface area contributed by atoms with Crippen LogP contribution in [0.15, 0.2) is 4.52 Å². The van der Waals surface area contributed by atoms with E-state index in [1.165, 1.54) is 63.0 Å². The highest BCUT2D eigenvalue weighted by molar-refractivity contribution is 5.21. The van der Waals surface area contributed by atoms with E-state index >= 15 is 0 Å². The zero-order valence-corrected chi connectivity index (χ0v) is 15.9. The quantitative estimate of drug-likeness (QED) is 0.826. The van der Waals surface area contributed by atoms with Gasteiger partial charge in [0.2, 0.25) is 5.89 Å². The van der Waals surface area contributed by atoms with Crippen LogP contribution in [0.25, 0.3) is 0 Å². The molecule has 7 heteroatoms. The molecule has 1 atom stereocenters. The van der Waals surface area contributed by atoms with Gasteiger partial charge in [-0.2, -0.15) is 4.98 Å². The highest BCUT2D eigenvalue weighted by Gasteiger charge is 2.57. The van der Waals surface area contributed by atoms with Crippen molar-refractivity contribution in [1.82, 2.24) is 29.8 Å². The molecule has 2 saturated carbocycles. The molecule has 0 N–H and O–H groups in total. The first-order chi connectivity index (χ1) is 13.3. The maximum absolute atomic E-state index is 5.47. The van der Waals surface area contributed by atoms with Crippen LogP contribution in [0, 0.1) is 5.41 Å². The molecule has 2 aromatic heterocycles. The van der Waals surface area contributed by atoms with Crippen LogP contribution in [0.1, 0.15) is 86.6 Å². The Morgan fingerprint density at radius 1 is 1.04 bits per heavy atom. The fourth-order valence-electron chi connectivity index (χ4n) is 5.22. The number of aryl methyl sites for hydroxylation is 1. The Kier molecular flexibility index (Phi) is 3.68. The van der Waals surface area contributed by atoms with Crippen molar-refractivity contribution in [2.75, 3.05) is 13.1 Å². The number of aromatic nitrogens is 5. The van der Waals surface area contributed by atoms with Crippen molar-refractivity contribution in [3.8, 4) is 0 Å². The van der Waals surface area contributed by atoms with Crippen molar-refractivity contribution in [1.29, 1.82) is 0 Å². The lowest BCUT2D eigenvalue weighted by molar-refractivity contribution is 0.145. The van der Waals surface area contributed by atoms with E-state index in [4.69, 9.17) is 4.52 Å². The summed E-state index contributed by atoms with van der Waals surface area (Å²) >= 11 is 0. The van der Waals surface area contributed by atoms with Gasteiger partial charge in [-0.1, -0.05) is 11.6 Å².